The maximum absolute atomic E-state index is 12.8. The van der Waals surface area contributed by atoms with Gasteiger partial charge in [-0.3, -0.25) is 4.55 Å². The van der Waals surface area contributed by atoms with E-state index in [1.807, 2.05) is 0 Å². The third kappa shape index (κ3) is 3.89. The molecule has 1 rings (SSSR count). The van der Waals surface area contributed by atoms with Gasteiger partial charge in [0.1, 0.15) is 5.75 Å². The van der Waals surface area contributed by atoms with Crippen LogP contribution in [-0.4, -0.2) is 19.1 Å². The third-order valence-electron chi connectivity index (χ3n) is 1.77. The number of ether oxygens (including phenoxy) is 1. The van der Waals surface area contributed by atoms with Gasteiger partial charge in [0.25, 0.3) is 15.9 Å². The molecule has 0 heterocycles. The first-order valence-electron chi connectivity index (χ1n) is 4.39. The highest BCUT2D eigenvalue weighted by atomic mass is 32.2. The smallest absolute Gasteiger partial charge is 0.427 e. The number of alkyl halides is 2. The second-order valence-electron chi connectivity index (χ2n) is 3.14. The first kappa shape index (κ1) is 15.4. The Morgan fingerprint density at radius 3 is 2.26 bits per heavy atom. The van der Waals surface area contributed by atoms with Crippen molar-refractivity contribution in [1.29, 1.82) is 0 Å². The highest BCUT2D eigenvalue weighted by molar-refractivity contribution is 7.85. The number of rotatable bonds is 4. The molecule has 0 aliphatic carbocycles. The molecule has 0 atom stereocenters. The van der Waals surface area contributed by atoms with E-state index in [0.29, 0.717) is 6.07 Å². The van der Waals surface area contributed by atoms with Crippen molar-refractivity contribution in [2.75, 3.05) is 0 Å². The molecule has 0 aromatic heterocycles. The summed E-state index contributed by atoms with van der Waals surface area (Å²) in [6.45, 7) is 0. The first-order valence-corrected chi connectivity index (χ1v) is 5.83. The van der Waals surface area contributed by atoms with Crippen LogP contribution in [0.5, 0.6) is 5.75 Å². The zero-order chi connectivity index (χ0) is 14.8. The van der Waals surface area contributed by atoms with Gasteiger partial charge in [0.2, 0.25) is 0 Å². The zero-order valence-electron chi connectivity index (χ0n) is 8.78. The molecule has 4 nitrogen and oxygen atoms in total. The maximum Gasteiger partial charge on any atom is 0.459 e. The molecule has 0 unspecified atom stereocenters. The topological polar surface area (TPSA) is 63.6 Å². The molecule has 0 saturated heterocycles. The summed E-state index contributed by atoms with van der Waals surface area (Å²) < 4.78 is 95.2. The SMILES string of the molecule is O=S(=O)(O)c1cccc(OC(F)(F)C(F)=C(F)F)c1. The Morgan fingerprint density at radius 1 is 1.21 bits per heavy atom. The summed E-state index contributed by atoms with van der Waals surface area (Å²) in [7, 11) is -4.70. The molecule has 106 valence electrons. The fraction of sp³-hybridized carbons (Fsp3) is 0.111. The molecule has 0 fully saturated rings. The summed E-state index contributed by atoms with van der Waals surface area (Å²) in [6, 6.07) is 2.92. The molecule has 0 aliphatic heterocycles. The lowest BCUT2D eigenvalue weighted by Gasteiger charge is -2.15. The van der Waals surface area contributed by atoms with Gasteiger partial charge >= 0.3 is 12.2 Å². The van der Waals surface area contributed by atoms with Crippen LogP contribution in [0, 0.1) is 0 Å². The van der Waals surface area contributed by atoms with Gasteiger partial charge < -0.3 is 4.74 Å². The van der Waals surface area contributed by atoms with Crippen molar-refractivity contribution in [1.82, 2.24) is 0 Å². The molecule has 1 aromatic rings. The minimum Gasteiger partial charge on any atom is -0.427 e. The van der Waals surface area contributed by atoms with Gasteiger partial charge in [0.05, 0.1) is 4.90 Å². The van der Waals surface area contributed by atoms with Crippen molar-refractivity contribution in [3.8, 4) is 5.75 Å². The van der Waals surface area contributed by atoms with E-state index in [1.165, 1.54) is 0 Å². The number of hydrogen-bond acceptors (Lipinski definition) is 3. The summed E-state index contributed by atoms with van der Waals surface area (Å²) in [5, 5.41) is 0. The van der Waals surface area contributed by atoms with E-state index in [1.54, 1.807) is 0 Å². The molecule has 1 N–H and O–H groups in total. The Bertz CT molecular complexity index is 607. The van der Waals surface area contributed by atoms with Gasteiger partial charge in [-0.1, -0.05) is 6.07 Å². The van der Waals surface area contributed by atoms with Crippen molar-refractivity contribution < 1.29 is 39.7 Å². The number of hydrogen-bond donors (Lipinski definition) is 1. The third-order valence-corrected chi connectivity index (χ3v) is 2.62. The lowest BCUT2D eigenvalue weighted by Crippen LogP contribution is -2.26. The second-order valence-corrected chi connectivity index (χ2v) is 4.56. The molecule has 0 amide bonds. The summed E-state index contributed by atoms with van der Waals surface area (Å²) >= 11 is 0. The molecular weight excluding hydrogens is 299 g/mol. The number of halogens is 5. The highest BCUT2D eigenvalue weighted by Gasteiger charge is 2.42. The molecule has 0 saturated carbocycles. The van der Waals surface area contributed by atoms with Crippen LogP contribution in [0.15, 0.2) is 41.1 Å². The predicted molar refractivity (Wildman–Crippen MR) is 52.2 cm³/mol. The predicted octanol–water partition coefficient (Wildman–Crippen LogP) is 2.98. The Labute approximate surface area is 103 Å². The standard InChI is InChI=1S/C9H5F5O4S/c10-7(8(11)12)9(13,14)18-5-2-1-3-6(4-5)19(15,16)17/h1-4H,(H,15,16,17). The highest BCUT2D eigenvalue weighted by Crippen LogP contribution is 2.32. The Balaban J connectivity index is 3.11. The van der Waals surface area contributed by atoms with Crippen LogP contribution in [-0.2, 0) is 10.1 Å². The van der Waals surface area contributed by atoms with Crippen LogP contribution in [0.2, 0.25) is 0 Å². The lowest BCUT2D eigenvalue weighted by atomic mass is 10.3. The summed E-state index contributed by atoms with van der Waals surface area (Å²) in [5.41, 5.74) is 0. The average Bonchev–Trinajstić information content (AvgIpc) is 2.26. The van der Waals surface area contributed by atoms with Crippen LogP contribution in [0.4, 0.5) is 22.0 Å². The molecule has 0 spiro atoms. The summed E-state index contributed by atoms with van der Waals surface area (Å²) in [6.07, 6.45) is -8.23. The van der Waals surface area contributed by atoms with Crippen molar-refractivity contribution >= 4 is 10.1 Å². The Hall–Kier alpha value is -1.68. The largest absolute Gasteiger partial charge is 0.459 e. The van der Waals surface area contributed by atoms with Crippen LogP contribution in [0.3, 0.4) is 0 Å². The quantitative estimate of drug-likeness (QED) is 0.686. The maximum atomic E-state index is 12.8. The van der Waals surface area contributed by atoms with Crippen molar-refractivity contribution in [2.45, 2.75) is 11.0 Å². The fourth-order valence-electron chi connectivity index (χ4n) is 1.00. The molecular formula is C9H5F5O4S. The zero-order valence-corrected chi connectivity index (χ0v) is 9.60. The van der Waals surface area contributed by atoms with Gasteiger partial charge in [-0.25, -0.2) is 0 Å². The van der Waals surface area contributed by atoms with Crippen molar-refractivity contribution in [3.05, 3.63) is 36.2 Å². The average molecular weight is 304 g/mol. The van der Waals surface area contributed by atoms with E-state index in [4.69, 9.17) is 4.55 Å². The van der Waals surface area contributed by atoms with E-state index in [0.717, 1.165) is 18.2 Å². The molecule has 0 radical (unpaired) electrons. The minimum atomic E-state index is -4.96. The Kier molecular flexibility index (Phi) is 4.15. The monoisotopic (exact) mass is 304 g/mol. The molecule has 10 heteroatoms. The van der Waals surface area contributed by atoms with Gasteiger partial charge in [-0.15, -0.1) is 0 Å². The lowest BCUT2D eigenvalue weighted by molar-refractivity contribution is -0.159. The summed E-state index contributed by atoms with van der Waals surface area (Å²) in [5.74, 6) is -4.01. The second kappa shape index (κ2) is 5.13. The van der Waals surface area contributed by atoms with Gasteiger partial charge in [-0.2, -0.15) is 30.4 Å². The number of benzene rings is 1. The Morgan fingerprint density at radius 2 is 1.79 bits per heavy atom. The normalized spacial score (nSPS) is 12.1. The van der Waals surface area contributed by atoms with E-state index >= 15 is 0 Å². The fourth-order valence-corrected chi connectivity index (χ4v) is 1.52. The van der Waals surface area contributed by atoms with Gasteiger partial charge in [-0.05, 0) is 12.1 Å². The molecule has 0 bridgehead atoms. The van der Waals surface area contributed by atoms with Crippen molar-refractivity contribution in [3.63, 3.8) is 0 Å². The van der Waals surface area contributed by atoms with Gasteiger partial charge in [0, 0.05) is 6.07 Å². The minimum absolute atomic E-state index is 0.423. The molecule has 19 heavy (non-hydrogen) atoms. The van der Waals surface area contributed by atoms with E-state index < -0.39 is 38.8 Å². The van der Waals surface area contributed by atoms with Crippen LogP contribution in [0.25, 0.3) is 0 Å². The van der Waals surface area contributed by atoms with Crippen molar-refractivity contribution in [2.24, 2.45) is 0 Å². The van der Waals surface area contributed by atoms with Crippen LogP contribution in [0.1, 0.15) is 0 Å². The molecule has 1 aromatic carbocycles. The van der Waals surface area contributed by atoms with E-state index in [2.05, 4.69) is 4.74 Å². The van der Waals surface area contributed by atoms with E-state index in [9.17, 15) is 30.4 Å². The van der Waals surface area contributed by atoms with Crippen LogP contribution >= 0.6 is 0 Å². The van der Waals surface area contributed by atoms with Gasteiger partial charge in [0.15, 0.2) is 0 Å². The first-order chi connectivity index (χ1) is 8.54. The van der Waals surface area contributed by atoms with E-state index in [-0.39, 0.29) is 0 Å². The van der Waals surface area contributed by atoms with Crippen LogP contribution < -0.4 is 4.74 Å². The summed E-state index contributed by atoms with van der Waals surface area (Å²) in [4.78, 5) is -0.814. The molecule has 0 aliphatic rings.